The number of carbonyl (C=O) groups excluding carboxylic acids is 1. The van der Waals surface area contributed by atoms with Crippen molar-refractivity contribution in [3.63, 3.8) is 0 Å². The Morgan fingerprint density at radius 2 is 2.20 bits per heavy atom. The molecular weight excluding hydrogens is 208 g/mol. The molecule has 2 unspecified atom stereocenters. The van der Waals surface area contributed by atoms with E-state index in [0.29, 0.717) is 6.04 Å². The largest absolute Gasteiger partial charge is 0.368 e. The Bertz CT molecular complexity index is 207. The van der Waals surface area contributed by atoms with E-state index in [4.69, 9.17) is 5.73 Å². The molecule has 1 rings (SSSR count). The number of hydrogen-bond donors (Lipinski definition) is 2. The van der Waals surface area contributed by atoms with Crippen LogP contribution < -0.4 is 11.1 Å². The van der Waals surface area contributed by atoms with Crippen LogP contribution in [0.4, 0.5) is 0 Å². The lowest BCUT2D eigenvalue weighted by molar-refractivity contribution is -0.119. The summed E-state index contributed by atoms with van der Waals surface area (Å²) < 4.78 is 0. The standard InChI is InChI=1S/C11H22N2OS/c1-3-8(2)6-15-7-10(11(12)14)13-9-4-5-9/h8-10,13H,3-7H2,1-2H3,(H2,12,14). The number of hydrogen-bond acceptors (Lipinski definition) is 3. The Morgan fingerprint density at radius 3 is 2.67 bits per heavy atom. The van der Waals surface area contributed by atoms with Crippen LogP contribution in [-0.2, 0) is 4.79 Å². The van der Waals surface area contributed by atoms with E-state index >= 15 is 0 Å². The van der Waals surface area contributed by atoms with E-state index in [0.717, 1.165) is 17.4 Å². The van der Waals surface area contributed by atoms with Gasteiger partial charge in [0, 0.05) is 11.8 Å². The molecule has 0 heterocycles. The van der Waals surface area contributed by atoms with Crippen LogP contribution in [0.15, 0.2) is 0 Å². The number of nitrogens with two attached hydrogens (primary N) is 1. The molecule has 0 aliphatic heterocycles. The summed E-state index contributed by atoms with van der Waals surface area (Å²) in [6.07, 6.45) is 3.59. The lowest BCUT2D eigenvalue weighted by atomic mass is 10.2. The van der Waals surface area contributed by atoms with Crippen molar-refractivity contribution < 1.29 is 4.79 Å². The molecule has 0 aromatic heterocycles. The van der Waals surface area contributed by atoms with Crippen LogP contribution in [0.25, 0.3) is 0 Å². The van der Waals surface area contributed by atoms with Gasteiger partial charge in [0.1, 0.15) is 0 Å². The summed E-state index contributed by atoms with van der Waals surface area (Å²) in [7, 11) is 0. The second-order valence-corrected chi connectivity index (χ2v) is 5.52. The second kappa shape index (κ2) is 6.38. The van der Waals surface area contributed by atoms with Gasteiger partial charge in [0.05, 0.1) is 6.04 Å². The van der Waals surface area contributed by atoms with E-state index in [1.165, 1.54) is 19.3 Å². The normalized spacial score (nSPS) is 19.9. The van der Waals surface area contributed by atoms with Gasteiger partial charge in [0.15, 0.2) is 0 Å². The predicted molar refractivity (Wildman–Crippen MR) is 65.9 cm³/mol. The molecule has 1 saturated carbocycles. The lowest BCUT2D eigenvalue weighted by Gasteiger charge is -2.15. The van der Waals surface area contributed by atoms with Crippen LogP contribution in [0.5, 0.6) is 0 Å². The van der Waals surface area contributed by atoms with Crippen molar-refractivity contribution >= 4 is 17.7 Å². The maximum absolute atomic E-state index is 11.2. The number of rotatable bonds is 8. The van der Waals surface area contributed by atoms with Gasteiger partial charge in [-0.15, -0.1) is 0 Å². The van der Waals surface area contributed by atoms with Crippen LogP contribution in [0.2, 0.25) is 0 Å². The van der Waals surface area contributed by atoms with Gasteiger partial charge in [0.25, 0.3) is 0 Å². The average molecular weight is 230 g/mol. The first kappa shape index (κ1) is 12.8. The number of primary amides is 1. The van der Waals surface area contributed by atoms with Gasteiger partial charge in [-0.1, -0.05) is 20.3 Å². The molecule has 1 amide bonds. The van der Waals surface area contributed by atoms with Crippen molar-refractivity contribution in [3.8, 4) is 0 Å². The zero-order chi connectivity index (χ0) is 11.3. The molecule has 88 valence electrons. The number of thioether (sulfide) groups is 1. The molecule has 4 heteroatoms. The van der Waals surface area contributed by atoms with Gasteiger partial charge >= 0.3 is 0 Å². The first-order chi connectivity index (χ1) is 7.13. The molecule has 1 aliphatic carbocycles. The Hall–Kier alpha value is -0.220. The maximum Gasteiger partial charge on any atom is 0.235 e. The Morgan fingerprint density at radius 1 is 1.53 bits per heavy atom. The highest BCUT2D eigenvalue weighted by atomic mass is 32.2. The summed E-state index contributed by atoms with van der Waals surface area (Å²) in [5, 5.41) is 3.29. The van der Waals surface area contributed by atoms with Crippen LogP contribution in [0.1, 0.15) is 33.1 Å². The molecule has 1 aliphatic rings. The fourth-order valence-electron chi connectivity index (χ4n) is 1.25. The topological polar surface area (TPSA) is 55.1 Å². The van der Waals surface area contributed by atoms with E-state index in [-0.39, 0.29) is 11.9 Å². The molecular formula is C11H22N2OS. The maximum atomic E-state index is 11.2. The van der Waals surface area contributed by atoms with E-state index in [1.54, 1.807) is 0 Å². The summed E-state index contributed by atoms with van der Waals surface area (Å²) in [6.45, 7) is 4.43. The minimum Gasteiger partial charge on any atom is -0.368 e. The predicted octanol–water partition coefficient (Wildman–Crippen LogP) is 1.37. The van der Waals surface area contributed by atoms with Crippen LogP contribution in [-0.4, -0.2) is 29.5 Å². The molecule has 3 N–H and O–H groups in total. The van der Waals surface area contributed by atoms with Crippen molar-refractivity contribution in [2.75, 3.05) is 11.5 Å². The second-order valence-electron chi connectivity index (χ2n) is 4.45. The number of carbonyl (C=O) groups is 1. The molecule has 0 radical (unpaired) electrons. The highest BCUT2D eigenvalue weighted by Crippen LogP contribution is 2.20. The fraction of sp³-hybridized carbons (Fsp3) is 0.909. The third kappa shape index (κ3) is 5.42. The minimum absolute atomic E-state index is 0.133. The summed E-state index contributed by atoms with van der Waals surface area (Å²) in [5.74, 6) is 2.45. The Kier molecular flexibility index (Phi) is 5.47. The highest BCUT2D eigenvalue weighted by Gasteiger charge is 2.26. The third-order valence-electron chi connectivity index (χ3n) is 2.74. The molecule has 0 spiro atoms. The molecule has 15 heavy (non-hydrogen) atoms. The Labute approximate surface area is 96.6 Å². The molecule has 0 bridgehead atoms. The van der Waals surface area contributed by atoms with E-state index in [9.17, 15) is 4.79 Å². The van der Waals surface area contributed by atoms with Crippen molar-refractivity contribution in [2.45, 2.75) is 45.2 Å². The van der Waals surface area contributed by atoms with Crippen molar-refractivity contribution in [2.24, 2.45) is 11.7 Å². The van der Waals surface area contributed by atoms with Crippen LogP contribution >= 0.6 is 11.8 Å². The summed E-state index contributed by atoms with van der Waals surface area (Å²) in [5.41, 5.74) is 5.35. The monoisotopic (exact) mass is 230 g/mol. The third-order valence-corrected chi connectivity index (χ3v) is 4.12. The quantitative estimate of drug-likeness (QED) is 0.662. The van der Waals surface area contributed by atoms with E-state index in [1.807, 2.05) is 11.8 Å². The summed E-state index contributed by atoms with van der Waals surface area (Å²) in [6, 6.07) is 0.415. The Balaban J connectivity index is 2.15. The van der Waals surface area contributed by atoms with Crippen molar-refractivity contribution in [1.82, 2.24) is 5.32 Å². The van der Waals surface area contributed by atoms with Crippen LogP contribution in [0.3, 0.4) is 0 Å². The highest BCUT2D eigenvalue weighted by molar-refractivity contribution is 7.99. The van der Waals surface area contributed by atoms with Gasteiger partial charge in [-0.3, -0.25) is 4.79 Å². The molecule has 0 aromatic carbocycles. The van der Waals surface area contributed by atoms with E-state index < -0.39 is 0 Å². The molecule has 3 nitrogen and oxygen atoms in total. The number of amides is 1. The summed E-state index contributed by atoms with van der Waals surface area (Å²) in [4.78, 5) is 11.2. The molecule has 1 fully saturated rings. The lowest BCUT2D eigenvalue weighted by Crippen LogP contribution is -2.44. The number of nitrogens with one attached hydrogen (secondary N) is 1. The van der Waals surface area contributed by atoms with Crippen LogP contribution in [0, 0.1) is 5.92 Å². The SMILES string of the molecule is CCC(C)CSCC(NC1CC1)C(N)=O. The molecule has 2 atom stereocenters. The van der Waals surface area contributed by atoms with E-state index in [2.05, 4.69) is 19.2 Å². The smallest absolute Gasteiger partial charge is 0.235 e. The van der Waals surface area contributed by atoms with Gasteiger partial charge < -0.3 is 11.1 Å². The first-order valence-corrected chi connectivity index (χ1v) is 6.92. The summed E-state index contributed by atoms with van der Waals surface area (Å²) >= 11 is 1.83. The zero-order valence-corrected chi connectivity index (χ0v) is 10.5. The van der Waals surface area contributed by atoms with Gasteiger partial charge in [-0.05, 0) is 24.5 Å². The van der Waals surface area contributed by atoms with Gasteiger partial charge in [-0.25, -0.2) is 0 Å². The van der Waals surface area contributed by atoms with Gasteiger partial charge in [0.2, 0.25) is 5.91 Å². The fourth-order valence-corrected chi connectivity index (χ4v) is 2.52. The molecule has 0 aromatic rings. The van der Waals surface area contributed by atoms with Crippen molar-refractivity contribution in [3.05, 3.63) is 0 Å². The first-order valence-electron chi connectivity index (χ1n) is 5.76. The zero-order valence-electron chi connectivity index (χ0n) is 9.66. The van der Waals surface area contributed by atoms with Gasteiger partial charge in [-0.2, -0.15) is 11.8 Å². The average Bonchev–Trinajstić information content (AvgIpc) is 2.99. The van der Waals surface area contributed by atoms with Crippen molar-refractivity contribution in [1.29, 1.82) is 0 Å². The molecule has 0 saturated heterocycles. The minimum atomic E-state index is -0.210.